The van der Waals surface area contributed by atoms with Crippen LogP contribution in [0.5, 0.6) is 0 Å². The molecule has 3 rings (SSSR count). The smallest absolute Gasteiger partial charge is 0.340 e. The van der Waals surface area contributed by atoms with Crippen LogP contribution in [0.3, 0.4) is 0 Å². The standard InChI is InChI=1S/C17H21F3N2O/c1-10-7-13(21)5-6-22(10)16(23)15-9-14(15)11-3-2-4-12(8-11)17(18,19)20/h2-4,8,10,13-15H,5-7,9,21H2,1H3. The van der Waals surface area contributed by atoms with Gasteiger partial charge in [-0.15, -0.1) is 0 Å². The minimum atomic E-state index is -4.35. The first-order valence-corrected chi connectivity index (χ1v) is 8.00. The summed E-state index contributed by atoms with van der Waals surface area (Å²) in [5, 5.41) is 0. The summed E-state index contributed by atoms with van der Waals surface area (Å²) in [5.74, 6) is -0.213. The van der Waals surface area contributed by atoms with Crippen LogP contribution in [-0.4, -0.2) is 29.4 Å². The Bertz CT molecular complexity index is 602. The van der Waals surface area contributed by atoms with Crippen LogP contribution in [0.1, 0.15) is 43.2 Å². The zero-order valence-corrected chi connectivity index (χ0v) is 13.0. The van der Waals surface area contributed by atoms with Crippen LogP contribution in [-0.2, 0) is 11.0 Å². The third-order valence-corrected chi connectivity index (χ3v) is 4.95. The van der Waals surface area contributed by atoms with Crippen molar-refractivity contribution in [2.45, 2.75) is 50.4 Å². The molecule has 1 aliphatic heterocycles. The van der Waals surface area contributed by atoms with Crippen LogP contribution in [0.4, 0.5) is 13.2 Å². The number of benzene rings is 1. The number of hydrogen-bond donors (Lipinski definition) is 1. The third-order valence-electron chi connectivity index (χ3n) is 4.95. The molecule has 2 fully saturated rings. The van der Waals surface area contributed by atoms with E-state index in [1.165, 1.54) is 12.1 Å². The molecule has 2 N–H and O–H groups in total. The molecule has 0 aromatic heterocycles. The van der Waals surface area contributed by atoms with E-state index >= 15 is 0 Å². The number of piperidine rings is 1. The molecule has 3 nitrogen and oxygen atoms in total. The Hall–Kier alpha value is -1.56. The Morgan fingerprint density at radius 3 is 2.70 bits per heavy atom. The fraction of sp³-hybridized carbons (Fsp3) is 0.588. The van der Waals surface area contributed by atoms with Crippen LogP contribution < -0.4 is 5.73 Å². The summed E-state index contributed by atoms with van der Waals surface area (Å²) < 4.78 is 38.4. The van der Waals surface area contributed by atoms with Crippen molar-refractivity contribution in [2.75, 3.05) is 6.54 Å². The van der Waals surface area contributed by atoms with Gasteiger partial charge in [0.2, 0.25) is 5.91 Å². The zero-order valence-electron chi connectivity index (χ0n) is 13.0. The van der Waals surface area contributed by atoms with Gasteiger partial charge in [0, 0.05) is 24.5 Å². The topological polar surface area (TPSA) is 46.3 Å². The number of halogens is 3. The van der Waals surface area contributed by atoms with Gasteiger partial charge in [-0.2, -0.15) is 13.2 Å². The molecular formula is C17H21F3N2O. The van der Waals surface area contributed by atoms with Crippen LogP contribution in [0.15, 0.2) is 24.3 Å². The highest BCUT2D eigenvalue weighted by molar-refractivity contribution is 5.83. The maximum Gasteiger partial charge on any atom is 0.416 e. The van der Waals surface area contributed by atoms with Crippen LogP contribution >= 0.6 is 0 Å². The van der Waals surface area contributed by atoms with E-state index in [1.807, 2.05) is 11.8 Å². The van der Waals surface area contributed by atoms with Gasteiger partial charge in [0.25, 0.3) is 0 Å². The molecule has 1 amide bonds. The van der Waals surface area contributed by atoms with Gasteiger partial charge in [-0.1, -0.05) is 18.2 Å². The highest BCUT2D eigenvalue weighted by Gasteiger charge is 2.47. The SMILES string of the molecule is CC1CC(N)CCN1C(=O)C1CC1c1cccc(C(F)(F)F)c1. The normalized spacial score (nSPS) is 31.1. The van der Waals surface area contributed by atoms with Crippen molar-refractivity contribution in [1.82, 2.24) is 4.90 Å². The van der Waals surface area contributed by atoms with Crippen molar-refractivity contribution in [2.24, 2.45) is 11.7 Å². The second kappa shape index (κ2) is 5.82. The summed E-state index contributed by atoms with van der Waals surface area (Å²) in [5.41, 5.74) is 5.87. The molecule has 1 heterocycles. The van der Waals surface area contributed by atoms with E-state index in [0.29, 0.717) is 18.5 Å². The molecule has 0 bridgehead atoms. The van der Waals surface area contributed by atoms with Gasteiger partial charge in [0.15, 0.2) is 0 Å². The number of carbonyl (C=O) groups excluding carboxylic acids is 1. The Labute approximate surface area is 133 Å². The Morgan fingerprint density at radius 1 is 1.30 bits per heavy atom. The molecule has 0 spiro atoms. The number of carbonyl (C=O) groups is 1. The lowest BCUT2D eigenvalue weighted by molar-refractivity contribution is -0.137. The average molecular weight is 326 g/mol. The molecule has 1 aliphatic carbocycles. The first-order chi connectivity index (χ1) is 10.8. The Morgan fingerprint density at radius 2 is 2.04 bits per heavy atom. The van der Waals surface area contributed by atoms with Gasteiger partial charge >= 0.3 is 6.18 Å². The monoisotopic (exact) mass is 326 g/mol. The van der Waals surface area contributed by atoms with Gasteiger partial charge in [0.05, 0.1) is 5.56 Å². The van der Waals surface area contributed by atoms with Gasteiger partial charge in [-0.3, -0.25) is 4.79 Å². The summed E-state index contributed by atoms with van der Waals surface area (Å²) in [6.07, 6.45) is -2.14. The number of amides is 1. The van der Waals surface area contributed by atoms with Crippen molar-refractivity contribution < 1.29 is 18.0 Å². The van der Waals surface area contributed by atoms with Crippen molar-refractivity contribution in [3.05, 3.63) is 35.4 Å². The lowest BCUT2D eigenvalue weighted by atomic mass is 9.98. The predicted octanol–water partition coefficient (Wildman–Crippen LogP) is 3.15. The molecule has 1 aromatic carbocycles. The van der Waals surface area contributed by atoms with Gasteiger partial charge < -0.3 is 10.6 Å². The summed E-state index contributed by atoms with van der Waals surface area (Å²) in [4.78, 5) is 14.5. The van der Waals surface area contributed by atoms with E-state index in [4.69, 9.17) is 5.73 Å². The molecular weight excluding hydrogens is 305 g/mol. The highest BCUT2D eigenvalue weighted by Crippen LogP contribution is 2.49. The Kier molecular flexibility index (Phi) is 4.12. The van der Waals surface area contributed by atoms with Crippen molar-refractivity contribution in [1.29, 1.82) is 0 Å². The minimum absolute atomic E-state index is 0.0619. The maximum absolute atomic E-state index is 12.8. The lowest BCUT2D eigenvalue weighted by Gasteiger charge is -2.36. The predicted molar refractivity (Wildman–Crippen MR) is 80.7 cm³/mol. The average Bonchev–Trinajstić information content (AvgIpc) is 3.26. The molecule has 1 saturated heterocycles. The van der Waals surface area contributed by atoms with E-state index in [-0.39, 0.29) is 29.8 Å². The van der Waals surface area contributed by atoms with E-state index in [9.17, 15) is 18.0 Å². The van der Waals surface area contributed by atoms with Crippen molar-refractivity contribution in [3.8, 4) is 0 Å². The molecule has 23 heavy (non-hydrogen) atoms. The number of likely N-dealkylation sites (tertiary alicyclic amines) is 1. The van der Waals surface area contributed by atoms with Gasteiger partial charge in [0.1, 0.15) is 0 Å². The van der Waals surface area contributed by atoms with E-state index in [2.05, 4.69) is 0 Å². The first kappa shape index (κ1) is 16.3. The molecule has 4 unspecified atom stereocenters. The van der Waals surface area contributed by atoms with E-state index in [1.54, 1.807) is 6.07 Å². The minimum Gasteiger partial charge on any atom is -0.340 e. The molecule has 4 atom stereocenters. The fourth-order valence-electron chi connectivity index (χ4n) is 3.53. The number of nitrogens with two attached hydrogens (primary N) is 1. The summed E-state index contributed by atoms with van der Waals surface area (Å²) in [6, 6.07) is 5.58. The largest absolute Gasteiger partial charge is 0.416 e. The molecule has 2 aliphatic rings. The fourth-order valence-corrected chi connectivity index (χ4v) is 3.53. The summed E-state index contributed by atoms with van der Waals surface area (Å²) in [6.45, 7) is 2.63. The Balaban J connectivity index is 1.69. The van der Waals surface area contributed by atoms with Gasteiger partial charge in [-0.25, -0.2) is 0 Å². The number of rotatable bonds is 2. The van der Waals surface area contributed by atoms with Crippen molar-refractivity contribution >= 4 is 5.91 Å². The number of alkyl halides is 3. The highest BCUT2D eigenvalue weighted by atomic mass is 19.4. The van der Waals surface area contributed by atoms with Gasteiger partial charge in [-0.05, 0) is 43.7 Å². The van der Waals surface area contributed by atoms with E-state index in [0.717, 1.165) is 18.9 Å². The quantitative estimate of drug-likeness (QED) is 0.907. The first-order valence-electron chi connectivity index (χ1n) is 8.00. The van der Waals surface area contributed by atoms with Crippen LogP contribution in [0, 0.1) is 5.92 Å². The third kappa shape index (κ3) is 3.37. The van der Waals surface area contributed by atoms with Crippen LogP contribution in [0.2, 0.25) is 0 Å². The maximum atomic E-state index is 12.8. The van der Waals surface area contributed by atoms with E-state index < -0.39 is 11.7 Å². The summed E-state index contributed by atoms with van der Waals surface area (Å²) >= 11 is 0. The van der Waals surface area contributed by atoms with Crippen LogP contribution in [0.25, 0.3) is 0 Å². The lowest BCUT2D eigenvalue weighted by Crippen LogP contribution is -2.49. The molecule has 0 radical (unpaired) electrons. The molecule has 126 valence electrons. The summed E-state index contributed by atoms with van der Waals surface area (Å²) in [7, 11) is 0. The molecule has 1 aromatic rings. The molecule has 1 saturated carbocycles. The second-order valence-electron chi connectivity index (χ2n) is 6.74. The molecule has 6 heteroatoms. The van der Waals surface area contributed by atoms with Crippen molar-refractivity contribution in [3.63, 3.8) is 0 Å². The number of hydrogen-bond acceptors (Lipinski definition) is 2. The second-order valence-corrected chi connectivity index (χ2v) is 6.74. The zero-order chi connectivity index (χ0) is 16.8. The number of nitrogens with zero attached hydrogens (tertiary/aromatic N) is 1.